The van der Waals surface area contributed by atoms with Crippen LogP contribution in [-0.4, -0.2) is 23.7 Å². The van der Waals surface area contributed by atoms with Crippen LogP contribution in [0, 0.1) is 10.1 Å². The molecule has 0 heterocycles. The quantitative estimate of drug-likeness (QED) is 0.263. The van der Waals surface area contributed by atoms with Gasteiger partial charge in [-0.05, 0) is 24.6 Å². The first-order valence-corrected chi connectivity index (χ1v) is 9.41. The summed E-state index contributed by atoms with van der Waals surface area (Å²) in [5.41, 5.74) is 3.15. The molecule has 0 aliphatic heterocycles. The fourth-order valence-electron chi connectivity index (χ4n) is 2.59. The SMILES string of the molecule is CCCCCCCOc1ccccc1/C=N/NC(=O)c1cccc([N+](=O)[O-])c1. The van der Waals surface area contributed by atoms with Gasteiger partial charge in [-0.1, -0.05) is 50.8 Å². The smallest absolute Gasteiger partial charge is 0.271 e. The highest BCUT2D eigenvalue weighted by atomic mass is 16.6. The fourth-order valence-corrected chi connectivity index (χ4v) is 2.59. The second-order valence-electron chi connectivity index (χ2n) is 6.31. The minimum absolute atomic E-state index is 0.144. The summed E-state index contributed by atoms with van der Waals surface area (Å²) < 4.78 is 5.82. The van der Waals surface area contributed by atoms with E-state index in [1.54, 1.807) is 0 Å². The number of nitro groups is 1. The van der Waals surface area contributed by atoms with Gasteiger partial charge < -0.3 is 4.74 Å². The van der Waals surface area contributed by atoms with Crippen molar-refractivity contribution in [1.82, 2.24) is 5.43 Å². The number of non-ortho nitro benzene ring substituents is 1. The summed E-state index contributed by atoms with van der Waals surface area (Å²) >= 11 is 0. The molecule has 0 aliphatic rings. The summed E-state index contributed by atoms with van der Waals surface area (Å²) in [6.07, 6.45) is 7.31. The maximum absolute atomic E-state index is 12.1. The van der Waals surface area contributed by atoms with E-state index in [-0.39, 0.29) is 11.3 Å². The lowest BCUT2D eigenvalue weighted by atomic mass is 10.2. The van der Waals surface area contributed by atoms with E-state index in [2.05, 4.69) is 17.5 Å². The lowest BCUT2D eigenvalue weighted by Gasteiger charge is -2.08. The number of amides is 1. The molecule has 148 valence electrons. The van der Waals surface area contributed by atoms with E-state index in [4.69, 9.17) is 4.74 Å². The maximum Gasteiger partial charge on any atom is 0.271 e. The second kappa shape index (κ2) is 11.5. The van der Waals surface area contributed by atoms with Gasteiger partial charge in [0, 0.05) is 23.3 Å². The molecule has 0 saturated carbocycles. The van der Waals surface area contributed by atoms with Crippen molar-refractivity contribution in [2.45, 2.75) is 39.0 Å². The number of nitrogens with zero attached hydrogens (tertiary/aromatic N) is 2. The molecule has 0 atom stereocenters. The Kier molecular flexibility index (Phi) is 8.65. The zero-order valence-electron chi connectivity index (χ0n) is 16.0. The van der Waals surface area contributed by atoms with Gasteiger partial charge in [0.2, 0.25) is 0 Å². The number of rotatable bonds is 11. The number of nitro benzene ring substituents is 1. The van der Waals surface area contributed by atoms with Crippen molar-refractivity contribution in [2.75, 3.05) is 6.61 Å². The molecule has 2 aromatic rings. The fraction of sp³-hybridized carbons (Fsp3) is 0.333. The van der Waals surface area contributed by atoms with Crippen LogP contribution in [0.25, 0.3) is 0 Å². The Morgan fingerprint density at radius 1 is 1.14 bits per heavy atom. The number of hydrogen-bond donors (Lipinski definition) is 1. The monoisotopic (exact) mass is 383 g/mol. The summed E-state index contributed by atoms with van der Waals surface area (Å²) in [6, 6.07) is 12.9. The second-order valence-corrected chi connectivity index (χ2v) is 6.31. The highest BCUT2D eigenvalue weighted by Gasteiger charge is 2.10. The Morgan fingerprint density at radius 2 is 1.93 bits per heavy atom. The highest BCUT2D eigenvalue weighted by Crippen LogP contribution is 2.17. The third-order valence-corrected chi connectivity index (χ3v) is 4.11. The molecule has 7 nitrogen and oxygen atoms in total. The highest BCUT2D eigenvalue weighted by molar-refractivity contribution is 5.95. The Morgan fingerprint density at radius 3 is 2.71 bits per heavy atom. The molecule has 0 aromatic heterocycles. The number of unbranched alkanes of at least 4 members (excludes halogenated alkanes) is 4. The number of hydrazone groups is 1. The molecule has 0 radical (unpaired) electrons. The molecule has 0 bridgehead atoms. The van der Waals surface area contributed by atoms with Crippen molar-refractivity contribution in [3.05, 3.63) is 69.8 Å². The molecule has 2 rings (SSSR count). The number of nitrogens with one attached hydrogen (secondary N) is 1. The first kappa shape index (κ1) is 21.1. The van der Waals surface area contributed by atoms with Gasteiger partial charge in [0.05, 0.1) is 17.7 Å². The predicted octanol–water partition coefficient (Wildman–Crippen LogP) is 4.71. The Hall–Kier alpha value is -3.22. The molecule has 0 spiro atoms. The van der Waals surface area contributed by atoms with Crippen LogP contribution in [0.2, 0.25) is 0 Å². The number of para-hydroxylation sites is 1. The van der Waals surface area contributed by atoms with Crippen LogP contribution in [0.1, 0.15) is 54.9 Å². The van der Waals surface area contributed by atoms with Crippen molar-refractivity contribution in [3.63, 3.8) is 0 Å². The van der Waals surface area contributed by atoms with Crippen LogP contribution in [-0.2, 0) is 0 Å². The summed E-state index contributed by atoms with van der Waals surface area (Å²) in [5, 5.41) is 14.7. The molecule has 0 aliphatic carbocycles. The van der Waals surface area contributed by atoms with Gasteiger partial charge in [-0.2, -0.15) is 5.10 Å². The summed E-state index contributed by atoms with van der Waals surface area (Å²) in [7, 11) is 0. The van der Waals surface area contributed by atoms with E-state index in [9.17, 15) is 14.9 Å². The topological polar surface area (TPSA) is 93.8 Å². The number of ether oxygens (including phenoxy) is 1. The zero-order valence-corrected chi connectivity index (χ0v) is 16.0. The average Bonchev–Trinajstić information content (AvgIpc) is 2.71. The molecular formula is C21H25N3O4. The molecule has 2 aromatic carbocycles. The molecule has 0 saturated heterocycles. The summed E-state index contributed by atoms with van der Waals surface area (Å²) in [6.45, 7) is 2.82. The van der Waals surface area contributed by atoms with E-state index >= 15 is 0 Å². The Bertz CT molecular complexity index is 821. The predicted molar refractivity (Wildman–Crippen MR) is 109 cm³/mol. The molecular weight excluding hydrogens is 358 g/mol. The number of carbonyl (C=O) groups excluding carboxylic acids is 1. The van der Waals surface area contributed by atoms with Crippen molar-refractivity contribution in [3.8, 4) is 5.75 Å². The number of hydrogen-bond acceptors (Lipinski definition) is 5. The normalized spacial score (nSPS) is 10.8. The van der Waals surface area contributed by atoms with Gasteiger partial charge in [0.25, 0.3) is 11.6 Å². The molecule has 0 fully saturated rings. The third kappa shape index (κ3) is 6.83. The minimum Gasteiger partial charge on any atom is -0.493 e. The van der Waals surface area contributed by atoms with Crippen LogP contribution in [0.3, 0.4) is 0 Å². The summed E-state index contributed by atoms with van der Waals surface area (Å²) in [5.74, 6) is 0.181. The minimum atomic E-state index is -0.546. The van der Waals surface area contributed by atoms with E-state index in [1.165, 1.54) is 49.7 Å². The van der Waals surface area contributed by atoms with Gasteiger partial charge in [-0.3, -0.25) is 14.9 Å². The lowest BCUT2D eigenvalue weighted by molar-refractivity contribution is -0.384. The van der Waals surface area contributed by atoms with Crippen molar-refractivity contribution >= 4 is 17.8 Å². The molecule has 7 heteroatoms. The first-order chi connectivity index (χ1) is 13.6. The standard InChI is InChI=1S/C21H25N3O4/c1-2-3-4-5-8-14-28-20-13-7-6-10-18(20)16-22-23-21(25)17-11-9-12-19(15-17)24(26)27/h6-7,9-13,15-16H,2-5,8,14H2,1H3,(H,23,25)/b22-16+. The molecule has 1 amide bonds. The average molecular weight is 383 g/mol. The van der Waals surface area contributed by atoms with Crippen LogP contribution < -0.4 is 10.2 Å². The van der Waals surface area contributed by atoms with Gasteiger partial charge in [0.1, 0.15) is 5.75 Å². The van der Waals surface area contributed by atoms with Crippen LogP contribution >= 0.6 is 0 Å². The number of benzene rings is 2. The first-order valence-electron chi connectivity index (χ1n) is 9.41. The van der Waals surface area contributed by atoms with E-state index in [0.717, 1.165) is 18.4 Å². The van der Waals surface area contributed by atoms with Gasteiger partial charge in [0.15, 0.2) is 0 Å². The Labute approximate surface area is 164 Å². The number of carbonyl (C=O) groups is 1. The van der Waals surface area contributed by atoms with Gasteiger partial charge in [-0.25, -0.2) is 5.43 Å². The van der Waals surface area contributed by atoms with Crippen molar-refractivity contribution in [2.24, 2.45) is 5.10 Å². The van der Waals surface area contributed by atoms with Crippen LogP contribution in [0.5, 0.6) is 5.75 Å². The molecule has 28 heavy (non-hydrogen) atoms. The van der Waals surface area contributed by atoms with E-state index in [0.29, 0.717) is 12.4 Å². The van der Waals surface area contributed by atoms with Crippen LogP contribution in [0.4, 0.5) is 5.69 Å². The van der Waals surface area contributed by atoms with Crippen molar-refractivity contribution < 1.29 is 14.5 Å². The van der Waals surface area contributed by atoms with Gasteiger partial charge >= 0.3 is 0 Å². The van der Waals surface area contributed by atoms with Crippen molar-refractivity contribution in [1.29, 1.82) is 0 Å². The molecule has 1 N–H and O–H groups in total. The van der Waals surface area contributed by atoms with Crippen LogP contribution in [0.15, 0.2) is 53.6 Å². The van der Waals surface area contributed by atoms with Gasteiger partial charge in [-0.15, -0.1) is 0 Å². The molecule has 0 unspecified atom stereocenters. The largest absolute Gasteiger partial charge is 0.493 e. The summed E-state index contributed by atoms with van der Waals surface area (Å²) in [4.78, 5) is 22.4. The Balaban J connectivity index is 1.90. The van der Waals surface area contributed by atoms with E-state index < -0.39 is 10.8 Å². The van der Waals surface area contributed by atoms with E-state index in [1.807, 2.05) is 24.3 Å². The zero-order chi connectivity index (χ0) is 20.2. The maximum atomic E-state index is 12.1. The lowest BCUT2D eigenvalue weighted by Crippen LogP contribution is -2.17. The third-order valence-electron chi connectivity index (χ3n) is 4.11.